The van der Waals surface area contributed by atoms with Crippen LogP contribution in [0.25, 0.3) is 0 Å². The van der Waals surface area contributed by atoms with Gasteiger partial charge >= 0.3 is 5.97 Å². The summed E-state index contributed by atoms with van der Waals surface area (Å²) in [5.41, 5.74) is 1.39. The molecular formula is C15H15N3O3. The molecule has 2 rings (SSSR count). The fourth-order valence-corrected chi connectivity index (χ4v) is 1.59. The van der Waals surface area contributed by atoms with Gasteiger partial charge in [-0.1, -0.05) is 6.92 Å². The normalized spacial score (nSPS) is 9.95. The van der Waals surface area contributed by atoms with Crippen molar-refractivity contribution in [1.29, 1.82) is 0 Å². The lowest BCUT2D eigenvalue weighted by Crippen LogP contribution is -2.12. The summed E-state index contributed by atoms with van der Waals surface area (Å²) in [6, 6.07) is 6.50. The molecule has 1 aromatic heterocycles. The molecule has 0 atom stereocenters. The molecule has 0 unspecified atom stereocenters. The molecule has 0 radical (unpaired) electrons. The molecular weight excluding hydrogens is 270 g/mol. The molecule has 0 saturated carbocycles. The van der Waals surface area contributed by atoms with E-state index >= 15 is 0 Å². The average Bonchev–Trinajstić information content (AvgIpc) is 2.54. The lowest BCUT2D eigenvalue weighted by Gasteiger charge is -2.06. The van der Waals surface area contributed by atoms with Crippen molar-refractivity contribution in [3.63, 3.8) is 0 Å². The number of nitrogens with one attached hydrogen (secondary N) is 1. The third-order valence-electron chi connectivity index (χ3n) is 2.64. The topological polar surface area (TPSA) is 81.2 Å². The first-order valence-electron chi connectivity index (χ1n) is 6.54. The van der Waals surface area contributed by atoms with Crippen molar-refractivity contribution >= 4 is 17.6 Å². The highest BCUT2D eigenvalue weighted by Crippen LogP contribution is 2.12. The van der Waals surface area contributed by atoms with Crippen LogP contribution in [0.1, 0.15) is 34.1 Å². The van der Waals surface area contributed by atoms with Gasteiger partial charge in [-0.25, -0.2) is 14.8 Å². The highest BCUT2D eigenvalue weighted by molar-refractivity contribution is 6.04. The van der Waals surface area contributed by atoms with Crippen LogP contribution in [-0.2, 0) is 4.74 Å². The second-order valence-corrected chi connectivity index (χ2v) is 4.29. The first-order valence-corrected chi connectivity index (χ1v) is 6.54. The van der Waals surface area contributed by atoms with Gasteiger partial charge in [0.25, 0.3) is 5.91 Å². The molecule has 1 amide bonds. The minimum atomic E-state index is -0.369. The molecule has 2 aromatic rings. The van der Waals surface area contributed by atoms with Crippen LogP contribution < -0.4 is 5.32 Å². The number of carbonyl (C=O) groups is 2. The van der Waals surface area contributed by atoms with E-state index in [2.05, 4.69) is 15.3 Å². The summed E-state index contributed by atoms with van der Waals surface area (Å²) in [5.74, 6) is -0.678. The highest BCUT2D eigenvalue weighted by Gasteiger charge is 2.09. The van der Waals surface area contributed by atoms with Crippen molar-refractivity contribution in [3.8, 4) is 0 Å². The van der Waals surface area contributed by atoms with E-state index in [1.54, 1.807) is 24.3 Å². The first kappa shape index (κ1) is 14.6. The van der Waals surface area contributed by atoms with Gasteiger partial charge in [-0.2, -0.15) is 0 Å². The maximum absolute atomic E-state index is 11.9. The Morgan fingerprint density at radius 3 is 2.38 bits per heavy atom. The monoisotopic (exact) mass is 285 g/mol. The lowest BCUT2D eigenvalue weighted by atomic mass is 10.2. The van der Waals surface area contributed by atoms with Crippen LogP contribution in [0.15, 0.2) is 43.0 Å². The second kappa shape index (κ2) is 7.14. The number of aromatic nitrogens is 2. The molecule has 21 heavy (non-hydrogen) atoms. The lowest BCUT2D eigenvalue weighted by molar-refractivity contribution is 0.0505. The minimum Gasteiger partial charge on any atom is -0.462 e. The van der Waals surface area contributed by atoms with Gasteiger partial charge in [0.2, 0.25) is 0 Å². The molecule has 6 nitrogen and oxygen atoms in total. The number of amides is 1. The summed E-state index contributed by atoms with van der Waals surface area (Å²) in [6.45, 7) is 2.32. The zero-order valence-electron chi connectivity index (χ0n) is 11.6. The summed E-state index contributed by atoms with van der Waals surface area (Å²) in [5, 5.41) is 2.70. The van der Waals surface area contributed by atoms with Crippen molar-refractivity contribution in [2.45, 2.75) is 13.3 Å². The van der Waals surface area contributed by atoms with Gasteiger partial charge in [0, 0.05) is 18.1 Å². The molecule has 0 aliphatic carbocycles. The number of anilines is 1. The van der Waals surface area contributed by atoms with Gasteiger partial charge in [0.1, 0.15) is 6.33 Å². The number of benzene rings is 1. The number of carbonyl (C=O) groups excluding carboxylic acids is 2. The molecule has 0 aliphatic rings. The summed E-state index contributed by atoms with van der Waals surface area (Å²) >= 11 is 0. The van der Waals surface area contributed by atoms with E-state index in [-0.39, 0.29) is 11.9 Å². The largest absolute Gasteiger partial charge is 0.462 e. The number of nitrogens with zero attached hydrogens (tertiary/aromatic N) is 2. The van der Waals surface area contributed by atoms with Crippen molar-refractivity contribution in [2.24, 2.45) is 0 Å². The Bertz CT molecular complexity index is 612. The molecule has 1 N–H and O–H groups in total. The summed E-state index contributed by atoms with van der Waals surface area (Å²) in [6.07, 6.45) is 4.99. The Kier molecular flexibility index (Phi) is 4.98. The van der Waals surface area contributed by atoms with Crippen molar-refractivity contribution < 1.29 is 14.3 Å². The van der Waals surface area contributed by atoms with Crippen molar-refractivity contribution in [2.75, 3.05) is 11.9 Å². The van der Waals surface area contributed by atoms with Gasteiger partial charge in [-0.15, -0.1) is 0 Å². The van der Waals surface area contributed by atoms with E-state index in [4.69, 9.17) is 4.74 Å². The molecule has 0 aliphatic heterocycles. The van der Waals surface area contributed by atoms with E-state index in [0.717, 1.165) is 6.42 Å². The van der Waals surface area contributed by atoms with Crippen LogP contribution in [0.2, 0.25) is 0 Å². The Morgan fingerprint density at radius 1 is 1.10 bits per heavy atom. The minimum absolute atomic E-state index is 0.308. The van der Waals surface area contributed by atoms with Crippen LogP contribution in [0.5, 0.6) is 0 Å². The molecule has 1 heterocycles. The van der Waals surface area contributed by atoms with Crippen LogP contribution in [-0.4, -0.2) is 28.5 Å². The Balaban J connectivity index is 1.99. The van der Waals surface area contributed by atoms with Gasteiger partial charge < -0.3 is 10.1 Å². The molecule has 0 bridgehead atoms. The van der Waals surface area contributed by atoms with E-state index in [9.17, 15) is 9.59 Å². The average molecular weight is 285 g/mol. The van der Waals surface area contributed by atoms with Gasteiger partial charge in [0.05, 0.1) is 17.7 Å². The predicted octanol–water partition coefficient (Wildman–Crippen LogP) is 2.30. The first-order chi connectivity index (χ1) is 10.2. The molecule has 1 aromatic carbocycles. The Labute approximate surface area is 122 Å². The standard InChI is InChI=1S/C15H15N3O3/c1-2-7-21-15(20)11-3-5-13(6-4-11)18-14(19)12-8-16-10-17-9-12/h3-6,8-10H,2,7H2,1H3,(H,18,19). The maximum atomic E-state index is 11.9. The number of hydrogen-bond donors (Lipinski definition) is 1. The summed E-state index contributed by atoms with van der Waals surface area (Å²) < 4.78 is 5.02. The van der Waals surface area contributed by atoms with Gasteiger partial charge in [0.15, 0.2) is 0 Å². The molecule has 0 spiro atoms. The van der Waals surface area contributed by atoms with Crippen LogP contribution in [0.3, 0.4) is 0 Å². The van der Waals surface area contributed by atoms with Crippen LogP contribution >= 0.6 is 0 Å². The third-order valence-corrected chi connectivity index (χ3v) is 2.64. The molecule has 0 saturated heterocycles. The maximum Gasteiger partial charge on any atom is 0.338 e. The van der Waals surface area contributed by atoms with Gasteiger partial charge in [-0.05, 0) is 30.7 Å². The van der Waals surface area contributed by atoms with Crippen molar-refractivity contribution in [3.05, 3.63) is 54.1 Å². The van der Waals surface area contributed by atoms with E-state index in [1.807, 2.05) is 6.92 Å². The fraction of sp³-hybridized carbons (Fsp3) is 0.200. The zero-order valence-corrected chi connectivity index (χ0v) is 11.6. The quantitative estimate of drug-likeness (QED) is 0.852. The SMILES string of the molecule is CCCOC(=O)c1ccc(NC(=O)c2cncnc2)cc1. The van der Waals surface area contributed by atoms with Gasteiger partial charge in [-0.3, -0.25) is 4.79 Å². The predicted molar refractivity (Wildman–Crippen MR) is 77.0 cm³/mol. The fourth-order valence-electron chi connectivity index (χ4n) is 1.59. The molecule has 108 valence electrons. The third kappa shape index (κ3) is 4.10. The number of hydrogen-bond acceptors (Lipinski definition) is 5. The summed E-state index contributed by atoms with van der Waals surface area (Å²) in [7, 11) is 0. The number of rotatable bonds is 5. The van der Waals surface area contributed by atoms with E-state index in [1.165, 1.54) is 18.7 Å². The molecule has 0 fully saturated rings. The number of esters is 1. The van der Waals surface area contributed by atoms with E-state index in [0.29, 0.717) is 23.4 Å². The molecule has 6 heteroatoms. The number of ether oxygens (including phenoxy) is 1. The van der Waals surface area contributed by atoms with Crippen LogP contribution in [0, 0.1) is 0 Å². The zero-order chi connectivity index (χ0) is 15.1. The Morgan fingerprint density at radius 2 is 1.76 bits per heavy atom. The van der Waals surface area contributed by atoms with E-state index < -0.39 is 0 Å². The van der Waals surface area contributed by atoms with Crippen LogP contribution in [0.4, 0.5) is 5.69 Å². The smallest absolute Gasteiger partial charge is 0.338 e. The van der Waals surface area contributed by atoms with Crippen molar-refractivity contribution in [1.82, 2.24) is 9.97 Å². The highest BCUT2D eigenvalue weighted by atomic mass is 16.5. The Hall–Kier alpha value is -2.76. The summed E-state index contributed by atoms with van der Waals surface area (Å²) in [4.78, 5) is 31.1. The second-order valence-electron chi connectivity index (χ2n) is 4.29.